The quantitative estimate of drug-likeness (QED) is 0.660. The molecular formula is C14H9Cl2N3O3S. The largest absolute Gasteiger partial charge is 0.496 e. The van der Waals surface area contributed by atoms with E-state index in [0.717, 1.165) is 10.2 Å². The molecule has 3 rings (SSSR count). The number of rotatable bonds is 4. The van der Waals surface area contributed by atoms with Gasteiger partial charge in [-0.05, 0) is 29.1 Å². The van der Waals surface area contributed by atoms with Crippen LogP contribution in [-0.2, 0) is 0 Å². The number of nitrogens with one attached hydrogen (secondary N) is 1. The Bertz CT molecular complexity index is 914. The molecule has 0 fully saturated rings. The van der Waals surface area contributed by atoms with Gasteiger partial charge in [0.25, 0.3) is 0 Å². The molecule has 0 spiro atoms. The number of carbonyl (C=O) groups is 1. The van der Waals surface area contributed by atoms with E-state index in [2.05, 4.69) is 15.3 Å². The third-order valence-electron chi connectivity index (χ3n) is 3.07. The summed E-state index contributed by atoms with van der Waals surface area (Å²) in [5.41, 5.74) is 0.431. The minimum absolute atomic E-state index is 0.0237. The number of carboxylic acid groups (broad SMARTS) is 1. The fourth-order valence-electron chi connectivity index (χ4n) is 2.04. The highest BCUT2D eigenvalue weighted by molar-refractivity contribution is 7.16. The van der Waals surface area contributed by atoms with Crippen molar-refractivity contribution in [1.29, 1.82) is 0 Å². The molecule has 0 aliphatic heterocycles. The zero-order chi connectivity index (χ0) is 16.6. The number of halogens is 2. The summed E-state index contributed by atoms with van der Waals surface area (Å²) in [6, 6.07) is 4.67. The molecule has 0 amide bonds. The number of thiophene rings is 1. The Balaban J connectivity index is 2.08. The van der Waals surface area contributed by atoms with E-state index < -0.39 is 5.97 Å². The van der Waals surface area contributed by atoms with E-state index >= 15 is 0 Å². The molecule has 0 bridgehead atoms. The SMILES string of the molecule is COc1cc(Nc2nc(Cl)nc3sccc23)c(Cl)cc1C(=O)O. The summed E-state index contributed by atoms with van der Waals surface area (Å²) >= 11 is 13.5. The first-order valence-electron chi connectivity index (χ1n) is 6.28. The van der Waals surface area contributed by atoms with Crippen LogP contribution in [0.3, 0.4) is 0 Å². The van der Waals surface area contributed by atoms with Crippen LogP contribution in [0.5, 0.6) is 5.75 Å². The molecular weight excluding hydrogens is 361 g/mol. The van der Waals surface area contributed by atoms with E-state index in [9.17, 15) is 4.79 Å². The number of fused-ring (bicyclic) bond motifs is 1. The van der Waals surface area contributed by atoms with E-state index in [-0.39, 0.29) is 21.6 Å². The monoisotopic (exact) mass is 369 g/mol. The lowest BCUT2D eigenvalue weighted by atomic mass is 10.1. The second kappa shape index (κ2) is 6.19. The summed E-state index contributed by atoms with van der Waals surface area (Å²) in [4.78, 5) is 20.2. The normalized spacial score (nSPS) is 10.7. The number of aromatic carboxylic acids is 1. The summed E-state index contributed by atoms with van der Waals surface area (Å²) in [5, 5.41) is 15.2. The molecule has 0 aliphatic rings. The number of benzene rings is 1. The van der Waals surface area contributed by atoms with Crippen LogP contribution in [-0.4, -0.2) is 28.2 Å². The lowest BCUT2D eigenvalue weighted by Gasteiger charge is -2.12. The van der Waals surface area contributed by atoms with Crippen molar-refractivity contribution in [1.82, 2.24) is 9.97 Å². The van der Waals surface area contributed by atoms with Gasteiger partial charge in [-0.3, -0.25) is 0 Å². The Labute approximate surface area is 144 Å². The molecule has 23 heavy (non-hydrogen) atoms. The van der Waals surface area contributed by atoms with Crippen LogP contribution in [0.1, 0.15) is 10.4 Å². The average molecular weight is 370 g/mol. The van der Waals surface area contributed by atoms with Gasteiger partial charge < -0.3 is 15.2 Å². The van der Waals surface area contributed by atoms with Gasteiger partial charge in [-0.25, -0.2) is 9.78 Å². The number of nitrogens with zero attached hydrogens (tertiary/aromatic N) is 2. The van der Waals surface area contributed by atoms with Crippen LogP contribution in [0.4, 0.5) is 11.5 Å². The van der Waals surface area contributed by atoms with E-state index in [1.807, 2.05) is 11.4 Å². The van der Waals surface area contributed by atoms with Crippen LogP contribution in [0.15, 0.2) is 23.6 Å². The summed E-state index contributed by atoms with van der Waals surface area (Å²) < 4.78 is 5.10. The number of carboxylic acids is 1. The lowest BCUT2D eigenvalue weighted by molar-refractivity contribution is 0.0693. The zero-order valence-electron chi connectivity index (χ0n) is 11.6. The second-order valence-electron chi connectivity index (χ2n) is 4.44. The average Bonchev–Trinajstić information content (AvgIpc) is 2.96. The van der Waals surface area contributed by atoms with Gasteiger partial charge in [0, 0.05) is 6.07 Å². The van der Waals surface area contributed by atoms with Crippen LogP contribution >= 0.6 is 34.5 Å². The Morgan fingerprint density at radius 3 is 2.83 bits per heavy atom. The van der Waals surface area contributed by atoms with Gasteiger partial charge in [0.2, 0.25) is 5.28 Å². The molecule has 2 aromatic heterocycles. The molecule has 2 N–H and O–H groups in total. The topological polar surface area (TPSA) is 84.3 Å². The maximum atomic E-state index is 11.2. The predicted octanol–water partition coefficient (Wildman–Crippen LogP) is 4.45. The molecule has 2 heterocycles. The van der Waals surface area contributed by atoms with Crippen molar-refractivity contribution < 1.29 is 14.6 Å². The molecule has 0 aliphatic carbocycles. The Hall–Kier alpha value is -2.09. The van der Waals surface area contributed by atoms with Crippen LogP contribution in [0, 0.1) is 0 Å². The molecule has 6 nitrogen and oxygen atoms in total. The Morgan fingerprint density at radius 1 is 1.35 bits per heavy atom. The predicted molar refractivity (Wildman–Crippen MR) is 90.7 cm³/mol. The molecule has 0 saturated carbocycles. The highest BCUT2D eigenvalue weighted by Gasteiger charge is 2.16. The van der Waals surface area contributed by atoms with Crippen LogP contribution in [0.25, 0.3) is 10.2 Å². The third-order valence-corrected chi connectivity index (χ3v) is 4.36. The van der Waals surface area contributed by atoms with Crippen LogP contribution in [0.2, 0.25) is 10.3 Å². The summed E-state index contributed by atoms with van der Waals surface area (Å²) in [7, 11) is 1.39. The van der Waals surface area contributed by atoms with Gasteiger partial charge in [-0.2, -0.15) is 4.98 Å². The zero-order valence-corrected chi connectivity index (χ0v) is 14.0. The first kappa shape index (κ1) is 15.8. The summed E-state index contributed by atoms with van der Waals surface area (Å²) in [6.07, 6.45) is 0. The van der Waals surface area contributed by atoms with E-state index in [1.54, 1.807) is 0 Å². The molecule has 3 aromatic rings. The number of methoxy groups -OCH3 is 1. The summed E-state index contributed by atoms with van der Waals surface area (Å²) in [5.74, 6) is -0.458. The van der Waals surface area contributed by atoms with E-state index in [4.69, 9.17) is 33.0 Å². The Kier molecular flexibility index (Phi) is 4.25. The minimum atomic E-state index is -1.12. The van der Waals surface area contributed by atoms with Crippen molar-refractivity contribution in [2.75, 3.05) is 12.4 Å². The second-order valence-corrected chi connectivity index (χ2v) is 6.08. The van der Waals surface area contributed by atoms with Crippen molar-refractivity contribution in [3.05, 3.63) is 39.4 Å². The number of aromatic nitrogens is 2. The summed E-state index contributed by atoms with van der Waals surface area (Å²) in [6.45, 7) is 0. The number of hydrogen-bond acceptors (Lipinski definition) is 6. The Morgan fingerprint density at radius 2 is 2.13 bits per heavy atom. The number of hydrogen-bond donors (Lipinski definition) is 2. The fraction of sp³-hybridized carbons (Fsp3) is 0.0714. The van der Waals surface area contributed by atoms with Gasteiger partial charge in [-0.15, -0.1) is 11.3 Å². The molecule has 1 aromatic carbocycles. The van der Waals surface area contributed by atoms with E-state index in [0.29, 0.717) is 11.5 Å². The van der Waals surface area contributed by atoms with Crippen molar-refractivity contribution in [3.8, 4) is 5.75 Å². The molecule has 118 valence electrons. The standard InChI is InChI=1S/C14H9Cl2N3O3S/c1-22-10-5-9(8(15)4-7(10)13(20)21)17-11-6-2-3-23-12(6)19-14(16)18-11/h2-5H,1H3,(H,20,21)(H,17,18,19). The third kappa shape index (κ3) is 3.03. The van der Waals surface area contributed by atoms with Crippen molar-refractivity contribution in [2.45, 2.75) is 0 Å². The molecule has 0 radical (unpaired) electrons. The number of anilines is 2. The van der Waals surface area contributed by atoms with Crippen LogP contribution < -0.4 is 10.1 Å². The number of ether oxygens (including phenoxy) is 1. The highest BCUT2D eigenvalue weighted by Crippen LogP contribution is 2.35. The fourth-order valence-corrected chi connectivity index (χ4v) is 3.23. The first-order valence-corrected chi connectivity index (χ1v) is 7.91. The van der Waals surface area contributed by atoms with Gasteiger partial charge >= 0.3 is 5.97 Å². The van der Waals surface area contributed by atoms with Gasteiger partial charge in [0.15, 0.2) is 0 Å². The minimum Gasteiger partial charge on any atom is -0.496 e. The highest BCUT2D eigenvalue weighted by atomic mass is 35.5. The first-order chi connectivity index (χ1) is 11.0. The van der Waals surface area contributed by atoms with Gasteiger partial charge in [0.05, 0.1) is 23.2 Å². The molecule has 0 unspecified atom stereocenters. The molecule has 9 heteroatoms. The maximum Gasteiger partial charge on any atom is 0.339 e. The molecule has 0 atom stereocenters. The van der Waals surface area contributed by atoms with E-state index in [1.165, 1.54) is 30.6 Å². The van der Waals surface area contributed by atoms with Crippen molar-refractivity contribution in [2.24, 2.45) is 0 Å². The maximum absolute atomic E-state index is 11.2. The smallest absolute Gasteiger partial charge is 0.339 e. The van der Waals surface area contributed by atoms with Gasteiger partial charge in [-0.1, -0.05) is 11.6 Å². The van der Waals surface area contributed by atoms with Crippen molar-refractivity contribution in [3.63, 3.8) is 0 Å². The van der Waals surface area contributed by atoms with Gasteiger partial charge in [0.1, 0.15) is 22.0 Å². The van der Waals surface area contributed by atoms with Crippen molar-refractivity contribution >= 4 is 62.2 Å². The molecule has 0 saturated heterocycles. The lowest BCUT2D eigenvalue weighted by Crippen LogP contribution is -2.03.